The first kappa shape index (κ1) is 12.6. The van der Waals surface area contributed by atoms with Crippen LogP contribution in [0.1, 0.15) is 25.6 Å². The summed E-state index contributed by atoms with van der Waals surface area (Å²) in [4.78, 5) is 8.97. The van der Waals surface area contributed by atoms with E-state index in [1.165, 1.54) is 0 Å². The molecular weight excluding hydrogens is 234 g/mol. The average Bonchev–Trinajstić information content (AvgIpc) is 2.39. The Morgan fingerprint density at radius 2 is 2.18 bits per heavy atom. The molecule has 5 heteroatoms. The first-order valence-electron chi connectivity index (χ1n) is 6.12. The van der Waals surface area contributed by atoms with E-state index >= 15 is 0 Å². The molecule has 1 saturated heterocycles. The van der Waals surface area contributed by atoms with Gasteiger partial charge in [-0.25, -0.2) is 9.97 Å². The number of anilines is 1. The van der Waals surface area contributed by atoms with Crippen LogP contribution >= 0.6 is 11.8 Å². The summed E-state index contributed by atoms with van der Waals surface area (Å²) in [5.41, 5.74) is 0. The van der Waals surface area contributed by atoms with E-state index in [4.69, 9.17) is 4.74 Å². The van der Waals surface area contributed by atoms with Crippen molar-refractivity contribution in [2.75, 3.05) is 25.6 Å². The van der Waals surface area contributed by atoms with Crippen molar-refractivity contribution in [1.82, 2.24) is 9.97 Å². The molecule has 1 aromatic heterocycles. The first-order valence-corrected chi connectivity index (χ1v) is 7.00. The Morgan fingerprint density at radius 3 is 2.82 bits per heavy atom. The van der Waals surface area contributed by atoms with Crippen LogP contribution in [0.3, 0.4) is 0 Å². The molecule has 0 amide bonds. The van der Waals surface area contributed by atoms with Gasteiger partial charge in [0.15, 0.2) is 0 Å². The summed E-state index contributed by atoms with van der Waals surface area (Å²) in [6, 6.07) is 2.03. The molecule has 0 aliphatic carbocycles. The van der Waals surface area contributed by atoms with Crippen molar-refractivity contribution in [3.8, 4) is 0 Å². The molecule has 0 aromatic carbocycles. The van der Waals surface area contributed by atoms with Gasteiger partial charge in [-0.05, 0) is 12.8 Å². The van der Waals surface area contributed by atoms with Gasteiger partial charge in [0.05, 0.1) is 0 Å². The molecule has 1 aliphatic heterocycles. The fraction of sp³-hybridized carbons (Fsp3) is 0.667. The second-order valence-corrected chi connectivity index (χ2v) is 5.36. The zero-order valence-electron chi connectivity index (χ0n) is 10.4. The predicted molar refractivity (Wildman–Crippen MR) is 70.7 cm³/mol. The maximum absolute atomic E-state index is 5.37. The molecule has 0 spiro atoms. The summed E-state index contributed by atoms with van der Waals surface area (Å²) >= 11 is 1.85. The third kappa shape index (κ3) is 3.57. The maximum atomic E-state index is 5.37. The molecule has 0 radical (unpaired) electrons. The lowest BCUT2D eigenvalue weighted by Crippen LogP contribution is -2.17. The maximum Gasteiger partial charge on any atom is 0.131 e. The summed E-state index contributed by atoms with van der Waals surface area (Å²) in [7, 11) is 1.89. The lowest BCUT2D eigenvalue weighted by Gasteiger charge is -2.21. The Hall–Kier alpha value is -0.810. The number of aryl methyl sites for hydroxylation is 1. The SMILES string of the molecule is CCc1nc(NC)cc(SC2CCOCC2)n1. The van der Waals surface area contributed by atoms with Crippen molar-refractivity contribution in [2.24, 2.45) is 0 Å². The van der Waals surface area contributed by atoms with Gasteiger partial charge in [-0.3, -0.25) is 0 Å². The van der Waals surface area contributed by atoms with Crippen molar-refractivity contribution in [2.45, 2.75) is 36.5 Å². The monoisotopic (exact) mass is 253 g/mol. The Morgan fingerprint density at radius 1 is 1.41 bits per heavy atom. The third-order valence-electron chi connectivity index (χ3n) is 2.78. The molecule has 1 N–H and O–H groups in total. The summed E-state index contributed by atoms with van der Waals surface area (Å²) in [6.45, 7) is 3.84. The topological polar surface area (TPSA) is 47.0 Å². The smallest absolute Gasteiger partial charge is 0.131 e. The van der Waals surface area contributed by atoms with Gasteiger partial charge < -0.3 is 10.1 Å². The van der Waals surface area contributed by atoms with Crippen LogP contribution in [0, 0.1) is 0 Å². The van der Waals surface area contributed by atoms with Gasteiger partial charge in [0.25, 0.3) is 0 Å². The number of hydrogen-bond acceptors (Lipinski definition) is 5. The van der Waals surface area contributed by atoms with Gasteiger partial charge in [-0.15, -0.1) is 11.8 Å². The number of thioether (sulfide) groups is 1. The van der Waals surface area contributed by atoms with Crippen LogP contribution in [0.25, 0.3) is 0 Å². The number of aromatic nitrogens is 2. The van der Waals surface area contributed by atoms with E-state index in [-0.39, 0.29) is 0 Å². The highest BCUT2D eigenvalue weighted by atomic mass is 32.2. The number of rotatable bonds is 4. The lowest BCUT2D eigenvalue weighted by atomic mass is 10.2. The van der Waals surface area contributed by atoms with Crippen LogP contribution in [0.2, 0.25) is 0 Å². The fourth-order valence-corrected chi connectivity index (χ4v) is 2.89. The molecule has 1 fully saturated rings. The van der Waals surface area contributed by atoms with Gasteiger partial charge in [0.2, 0.25) is 0 Å². The van der Waals surface area contributed by atoms with E-state index in [0.29, 0.717) is 5.25 Å². The molecule has 2 heterocycles. The number of ether oxygens (including phenoxy) is 1. The summed E-state index contributed by atoms with van der Waals surface area (Å²) < 4.78 is 5.37. The molecule has 0 unspecified atom stereocenters. The molecule has 0 bridgehead atoms. The van der Waals surface area contributed by atoms with Crippen LogP contribution in [0.4, 0.5) is 5.82 Å². The third-order valence-corrected chi connectivity index (χ3v) is 4.03. The predicted octanol–water partition coefficient (Wildman–Crippen LogP) is 2.35. The molecule has 1 aliphatic rings. The van der Waals surface area contributed by atoms with E-state index in [9.17, 15) is 0 Å². The van der Waals surface area contributed by atoms with Gasteiger partial charge in [-0.1, -0.05) is 6.92 Å². The van der Waals surface area contributed by atoms with Gasteiger partial charge >= 0.3 is 0 Å². The van der Waals surface area contributed by atoms with Gasteiger partial charge in [0.1, 0.15) is 16.7 Å². The van der Waals surface area contributed by atoms with Gasteiger partial charge in [-0.2, -0.15) is 0 Å². The largest absolute Gasteiger partial charge is 0.381 e. The summed E-state index contributed by atoms with van der Waals surface area (Å²) in [6.07, 6.45) is 3.10. The van der Waals surface area contributed by atoms with Crippen LogP contribution in [-0.4, -0.2) is 35.5 Å². The van der Waals surface area contributed by atoms with E-state index in [2.05, 4.69) is 22.2 Å². The molecular formula is C12H19N3OS. The van der Waals surface area contributed by atoms with E-state index in [0.717, 1.165) is 49.1 Å². The average molecular weight is 253 g/mol. The summed E-state index contributed by atoms with van der Waals surface area (Å²) in [5, 5.41) is 4.80. The van der Waals surface area contributed by atoms with E-state index < -0.39 is 0 Å². The van der Waals surface area contributed by atoms with Gasteiger partial charge in [0, 0.05) is 38.0 Å². The van der Waals surface area contributed by atoms with Crippen molar-refractivity contribution < 1.29 is 4.74 Å². The summed E-state index contributed by atoms with van der Waals surface area (Å²) in [5.74, 6) is 1.82. The minimum Gasteiger partial charge on any atom is -0.381 e. The molecule has 0 saturated carbocycles. The number of hydrogen-bond donors (Lipinski definition) is 1. The first-order chi connectivity index (χ1) is 8.31. The second kappa shape index (κ2) is 6.21. The molecule has 17 heavy (non-hydrogen) atoms. The minimum atomic E-state index is 0.632. The molecule has 2 rings (SSSR count). The number of nitrogens with one attached hydrogen (secondary N) is 1. The van der Waals surface area contributed by atoms with Crippen molar-refractivity contribution in [3.05, 3.63) is 11.9 Å². The van der Waals surface area contributed by atoms with Crippen LogP contribution < -0.4 is 5.32 Å². The van der Waals surface area contributed by atoms with E-state index in [1.807, 2.05) is 24.9 Å². The Balaban J connectivity index is 2.07. The van der Waals surface area contributed by atoms with Crippen LogP contribution in [0.5, 0.6) is 0 Å². The standard InChI is InChI=1S/C12H19N3OS/c1-3-10-14-11(13-2)8-12(15-10)17-9-4-6-16-7-5-9/h8-9H,3-7H2,1-2H3,(H,13,14,15). The van der Waals surface area contributed by atoms with Crippen molar-refractivity contribution in [3.63, 3.8) is 0 Å². The Kier molecular flexibility index (Phi) is 4.62. The second-order valence-electron chi connectivity index (χ2n) is 4.04. The number of nitrogens with zero attached hydrogens (tertiary/aromatic N) is 2. The zero-order valence-corrected chi connectivity index (χ0v) is 11.2. The normalized spacial score (nSPS) is 17.1. The van der Waals surface area contributed by atoms with Crippen molar-refractivity contribution >= 4 is 17.6 Å². The highest BCUT2D eigenvalue weighted by molar-refractivity contribution is 7.99. The van der Waals surface area contributed by atoms with Crippen LogP contribution in [-0.2, 0) is 11.2 Å². The Bertz CT molecular complexity index is 345. The molecule has 1 aromatic rings. The molecule has 94 valence electrons. The van der Waals surface area contributed by atoms with Crippen LogP contribution in [0.15, 0.2) is 11.1 Å². The fourth-order valence-electron chi connectivity index (χ4n) is 1.78. The van der Waals surface area contributed by atoms with Crippen molar-refractivity contribution in [1.29, 1.82) is 0 Å². The molecule has 0 atom stereocenters. The zero-order chi connectivity index (χ0) is 12.1. The Labute approximate surface area is 107 Å². The van der Waals surface area contributed by atoms with E-state index in [1.54, 1.807) is 0 Å². The minimum absolute atomic E-state index is 0.632. The quantitative estimate of drug-likeness (QED) is 0.835. The highest BCUT2D eigenvalue weighted by Gasteiger charge is 2.16. The lowest BCUT2D eigenvalue weighted by molar-refractivity contribution is 0.1000. The molecule has 4 nitrogen and oxygen atoms in total. The highest BCUT2D eigenvalue weighted by Crippen LogP contribution is 2.29.